The van der Waals surface area contributed by atoms with E-state index in [4.69, 9.17) is 4.74 Å². The molecule has 1 N–H and O–H groups in total. The Morgan fingerprint density at radius 1 is 1.14 bits per heavy atom. The molecule has 0 amide bonds. The number of pyridine rings is 1. The van der Waals surface area contributed by atoms with E-state index >= 15 is 0 Å². The number of aromatic nitrogens is 1. The second-order valence-corrected chi connectivity index (χ2v) is 6.78. The quantitative estimate of drug-likeness (QED) is 0.899. The van der Waals surface area contributed by atoms with Gasteiger partial charge in [0.25, 0.3) is 0 Å². The van der Waals surface area contributed by atoms with Gasteiger partial charge in [-0.1, -0.05) is 13.8 Å². The Morgan fingerprint density at radius 3 is 2.73 bits per heavy atom. The molecular formula is C19H26N2O. The maximum absolute atomic E-state index is 6.19. The zero-order chi connectivity index (χ0) is 15.4. The summed E-state index contributed by atoms with van der Waals surface area (Å²) in [6.45, 7) is 5.64. The number of nitrogens with zero attached hydrogens (tertiary/aromatic N) is 1. The highest BCUT2D eigenvalue weighted by Crippen LogP contribution is 2.26. The molecule has 0 spiro atoms. The van der Waals surface area contributed by atoms with E-state index < -0.39 is 0 Å². The molecule has 1 aromatic heterocycles. The molecule has 3 heteroatoms. The largest absolute Gasteiger partial charge is 0.490 e. The smallest absolute Gasteiger partial charge is 0.120 e. The Bertz CT molecular complexity index is 603. The molecule has 0 unspecified atom stereocenters. The van der Waals surface area contributed by atoms with Crippen molar-refractivity contribution in [3.8, 4) is 5.75 Å². The first kappa shape index (κ1) is 15.3. The molecule has 3 rings (SSSR count). The van der Waals surface area contributed by atoms with Crippen molar-refractivity contribution in [1.82, 2.24) is 10.3 Å². The van der Waals surface area contributed by atoms with Gasteiger partial charge >= 0.3 is 0 Å². The van der Waals surface area contributed by atoms with E-state index in [2.05, 4.69) is 42.3 Å². The molecule has 0 bridgehead atoms. The molecule has 0 atom stereocenters. The third-order valence-electron chi connectivity index (χ3n) is 4.40. The zero-order valence-electron chi connectivity index (χ0n) is 13.6. The summed E-state index contributed by atoms with van der Waals surface area (Å²) in [6, 6.07) is 8.99. The summed E-state index contributed by atoms with van der Waals surface area (Å²) in [5.41, 5.74) is 0. The van der Waals surface area contributed by atoms with Crippen LogP contribution in [0.1, 0.15) is 39.5 Å². The minimum absolute atomic E-state index is 0.358. The summed E-state index contributed by atoms with van der Waals surface area (Å²) in [6.07, 6.45) is 8.80. The van der Waals surface area contributed by atoms with Crippen molar-refractivity contribution in [3.63, 3.8) is 0 Å². The van der Waals surface area contributed by atoms with Crippen LogP contribution in [0.25, 0.3) is 10.8 Å². The van der Waals surface area contributed by atoms with Gasteiger partial charge in [-0.25, -0.2) is 0 Å². The van der Waals surface area contributed by atoms with Crippen molar-refractivity contribution in [2.24, 2.45) is 5.92 Å². The van der Waals surface area contributed by atoms with Gasteiger partial charge in [0.1, 0.15) is 5.75 Å². The Balaban J connectivity index is 1.53. The zero-order valence-corrected chi connectivity index (χ0v) is 13.6. The van der Waals surface area contributed by atoms with Gasteiger partial charge in [-0.3, -0.25) is 4.98 Å². The van der Waals surface area contributed by atoms with Crippen LogP contribution in [0.15, 0.2) is 36.7 Å². The molecule has 0 aliphatic heterocycles. The van der Waals surface area contributed by atoms with Crippen LogP contribution in [0.3, 0.4) is 0 Å². The van der Waals surface area contributed by atoms with Crippen LogP contribution in [0.2, 0.25) is 0 Å². The first-order valence-electron chi connectivity index (χ1n) is 8.44. The molecule has 1 heterocycles. The molecule has 0 saturated heterocycles. The van der Waals surface area contributed by atoms with Crippen LogP contribution < -0.4 is 10.1 Å². The Labute approximate surface area is 133 Å². The van der Waals surface area contributed by atoms with Crippen molar-refractivity contribution in [2.45, 2.75) is 51.7 Å². The topological polar surface area (TPSA) is 34.1 Å². The second kappa shape index (κ2) is 7.10. The van der Waals surface area contributed by atoms with Crippen LogP contribution in [0.4, 0.5) is 0 Å². The minimum atomic E-state index is 0.358. The standard InChI is InChI=1S/C19H26N2O/c1-14(2)12-21-17-4-7-18(8-5-17)22-19-6-3-16-13-20-10-9-15(16)11-19/h3,6,9-11,13-14,17-18,21H,4-5,7-8,12H2,1-2H3. The van der Waals surface area contributed by atoms with E-state index in [1.807, 2.05) is 18.5 Å². The predicted octanol–water partition coefficient (Wildman–Crippen LogP) is 4.17. The molecule has 22 heavy (non-hydrogen) atoms. The fraction of sp³-hybridized carbons (Fsp3) is 0.526. The average Bonchev–Trinajstić information content (AvgIpc) is 2.54. The van der Waals surface area contributed by atoms with Gasteiger partial charge in [0.15, 0.2) is 0 Å². The number of hydrogen-bond acceptors (Lipinski definition) is 3. The van der Waals surface area contributed by atoms with Crippen molar-refractivity contribution < 1.29 is 4.74 Å². The predicted molar refractivity (Wildman–Crippen MR) is 91.3 cm³/mol. The van der Waals surface area contributed by atoms with Gasteiger partial charge in [0.2, 0.25) is 0 Å². The van der Waals surface area contributed by atoms with E-state index in [1.54, 1.807) is 0 Å². The average molecular weight is 298 g/mol. The molecule has 1 saturated carbocycles. The second-order valence-electron chi connectivity index (χ2n) is 6.78. The lowest BCUT2D eigenvalue weighted by molar-refractivity contribution is 0.139. The number of hydrogen-bond donors (Lipinski definition) is 1. The van der Waals surface area contributed by atoms with E-state index in [9.17, 15) is 0 Å². The van der Waals surface area contributed by atoms with Crippen LogP contribution in [-0.2, 0) is 0 Å². The van der Waals surface area contributed by atoms with Gasteiger partial charge < -0.3 is 10.1 Å². The summed E-state index contributed by atoms with van der Waals surface area (Å²) in [5, 5.41) is 6.02. The highest BCUT2D eigenvalue weighted by molar-refractivity contribution is 5.82. The highest BCUT2D eigenvalue weighted by Gasteiger charge is 2.22. The Hall–Kier alpha value is -1.61. The van der Waals surface area contributed by atoms with Gasteiger partial charge in [0, 0.05) is 23.8 Å². The lowest BCUT2D eigenvalue weighted by atomic mass is 9.92. The molecule has 1 aliphatic rings. The van der Waals surface area contributed by atoms with Crippen LogP contribution >= 0.6 is 0 Å². The first-order valence-corrected chi connectivity index (χ1v) is 8.44. The maximum atomic E-state index is 6.19. The number of fused-ring (bicyclic) bond motifs is 1. The number of ether oxygens (including phenoxy) is 1. The molecule has 0 radical (unpaired) electrons. The van der Waals surface area contributed by atoms with Crippen LogP contribution in [0.5, 0.6) is 5.75 Å². The number of rotatable bonds is 5. The van der Waals surface area contributed by atoms with E-state index in [1.165, 1.54) is 18.2 Å². The Morgan fingerprint density at radius 2 is 1.95 bits per heavy atom. The molecular weight excluding hydrogens is 272 g/mol. The van der Waals surface area contributed by atoms with Crippen molar-refractivity contribution >= 4 is 10.8 Å². The van der Waals surface area contributed by atoms with E-state index in [0.29, 0.717) is 12.1 Å². The van der Waals surface area contributed by atoms with Crippen molar-refractivity contribution in [3.05, 3.63) is 36.7 Å². The van der Waals surface area contributed by atoms with Gasteiger partial charge in [0.05, 0.1) is 6.10 Å². The molecule has 2 aromatic rings. The van der Waals surface area contributed by atoms with Gasteiger partial charge in [-0.15, -0.1) is 0 Å². The van der Waals surface area contributed by atoms with E-state index in [0.717, 1.165) is 36.4 Å². The number of nitrogens with one attached hydrogen (secondary N) is 1. The Kier molecular flexibility index (Phi) is 4.94. The summed E-state index contributed by atoms with van der Waals surface area (Å²) in [4.78, 5) is 4.15. The van der Waals surface area contributed by atoms with E-state index in [-0.39, 0.29) is 0 Å². The number of benzene rings is 1. The molecule has 1 fully saturated rings. The fourth-order valence-corrected chi connectivity index (χ4v) is 3.11. The lowest BCUT2D eigenvalue weighted by Gasteiger charge is -2.30. The summed E-state index contributed by atoms with van der Waals surface area (Å²) in [7, 11) is 0. The van der Waals surface area contributed by atoms with Gasteiger partial charge in [-0.05, 0) is 67.8 Å². The van der Waals surface area contributed by atoms with Crippen LogP contribution in [-0.4, -0.2) is 23.7 Å². The molecule has 3 nitrogen and oxygen atoms in total. The molecule has 1 aliphatic carbocycles. The highest BCUT2D eigenvalue weighted by atomic mass is 16.5. The summed E-state index contributed by atoms with van der Waals surface area (Å²) < 4.78 is 6.19. The fourth-order valence-electron chi connectivity index (χ4n) is 3.11. The third-order valence-corrected chi connectivity index (χ3v) is 4.40. The summed E-state index contributed by atoms with van der Waals surface area (Å²) >= 11 is 0. The minimum Gasteiger partial charge on any atom is -0.490 e. The SMILES string of the molecule is CC(C)CNC1CCC(Oc2ccc3cnccc3c2)CC1. The first-order chi connectivity index (χ1) is 10.7. The van der Waals surface area contributed by atoms with Crippen molar-refractivity contribution in [2.75, 3.05) is 6.54 Å². The monoisotopic (exact) mass is 298 g/mol. The lowest BCUT2D eigenvalue weighted by Crippen LogP contribution is -2.37. The van der Waals surface area contributed by atoms with Crippen LogP contribution in [0, 0.1) is 5.92 Å². The molecule has 1 aromatic carbocycles. The van der Waals surface area contributed by atoms with Crippen molar-refractivity contribution in [1.29, 1.82) is 0 Å². The maximum Gasteiger partial charge on any atom is 0.120 e. The normalized spacial score (nSPS) is 22.1. The van der Waals surface area contributed by atoms with Gasteiger partial charge in [-0.2, -0.15) is 0 Å². The molecule has 118 valence electrons. The third kappa shape index (κ3) is 3.98. The summed E-state index contributed by atoms with van der Waals surface area (Å²) in [5.74, 6) is 1.71.